The fraction of sp³-hybridized carbons (Fsp3) is 0.409. The normalized spacial score (nSPS) is 17.7. The van der Waals surface area contributed by atoms with E-state index >= 15 is 0 Å². The van der Waals surface area contributed by atoms with Gasteiger partial charge in [0.15, 0.2) is 5.76 Å². The third-order valence-corrected chi connectivity index (χ3v) is 7.75. The van der Waals surface area contributed by atoms with Gasteiger partial charge in [-0.25, -0.2) is 8.42 Å². The van der Waals surface area contributed by atoms with Gasteiger partial charge in [-0.2, -0.15) is 13.1 Å². The molecule has 2 aliphatic rings. The Morgan fingerprint density at radius 3 is 2.59 bits per heavy atom. The summed E-state index contributed by atoms with van der Waals surface area (Å²) >= 11 is 0. The lowest BCUT2D eigenvalue weighted by Crippen LogP contribution is -2.46. The largest absolute Gasteiger partial charge is 0.456 e. The molecule has 1 amide bonds. The van der Waals surface area contributed by atoms with Crippen LogP contribution in [0.3, 0.4) is 0 Å². The molecule has 1 aliphatic heterocycles. The Kier molecular flexibility index (Phi) is 6.34. The summed E-state index contributed by atoms with van der Waals surface area (Å²) in [6, 6.07) is 7.72. The van der Waals surface area contributed by atoms with Crippen molar-refractivity contribution >= 4 is 22.0 Å². The van der Waals surface area contributed by atoms with E-state index in [4.69, 9.17) is 4.42 Å². The summed E-state index contributed by atoms with van der Waals surface area (Å²) in [5.74, 6) is 0.648. The van der Waals surface area contributed by atoms with E-state index in [0.717, 1.165) is 5.56 Å². The van der Waals surface area contributed by atoms with Crippen LogP contribution in [0.5, 0.6) is 5.75 Å². The van der Waals surface area contributed by atoms with Crippen molar-refractivity contribution in [3.8, 4) is 5.75 Å². The minimum Gasteiger partial charge on any atom is -0.456 e. The number of allylic oxidation sites excluding steroid dienone is 1. The molecule has 0 atom stereocenters. The van der Waals surface area contributed by atoms with E-state index in [0.29, 0.717) is 55.0 Å². The molecule has 0 spiro atoms. The molecule has 1 aromatic heterocycles. The van der Waals surface area contributed by atoms with Crippen LogP contribution in [0.4, 0.5) is 8.78 Å². The molecule has 172 valence electrons. The van der Waals surface area contributed by atoms with Crippen LogP contribution < -0.4 is 10.1 Å². The van der Waals surface area contributed by atoms with E-state index in [1.165, 1.54) is 16.4 Å². The van der Waals surface area contributed by atoms with E-state index in [1.54, 1.807) is 31.2 Å². The Labute approximate surface area is 185 Å². The highest BCUT2D eigenvalue weighted by molar-refractivity contribution is 7.93. The molecule has 32 heavy (non-hydrogen) atoms. The average Bonchev–Trinajstić information content (AvgIpc) is 3.20. The molecule has 0 unspecified atom stereocenters. The second-order valence-corrected chi connectivity index (χ2v) is 9.90. The standard InChI is InChI=1S/C22H24F2N2O5S/c1-14-2-7-20(30-14)21(27)25-17-8-10-26(11-9-17)32(28,29)19-6-4-15-12-18(31-22(23)24)5-3-16(15)13-19/h2-3,5,7,12-13,17,22H,4,6,8-11H2,1H3,(H,25,27). The number of benzene rings is 1. The maximum absolute atomic E-state index is 13.1. The van der Waals surface area contributed by atoms with Gasteiger partial charge in [-0.3, -0.25) is 4.79 Å². The molecule has 4 rings (SSSR count). The van der Waals surface area contributed by atoms with Crippen LogP contribution in [-0.4, -0.2) is 44.4 Å². The fourth-order valence-electron chi connectivity index (χ4n) is 4.04. The third-order valence-electron chi connectivity index (χ3n) is 5.72. The molecule has 7 nitrogen and oxygen atoms in total. The van der Waals surface area contributed by atoms with Gasteiger partial charge in [-0.15, -0.1) is 0 Å². The van der Waals surface area contributed by atoms with Crippen molar-refractivity contribution in [2.45, 2.75) is 45.3 Å². The molecule has 1 aromatic carbocycles. The highest BCUT2D eigenvalue weighted by Gasteiger charge is 2.32. The minimum atomic E-state index is -3.65. The predicted octanol–water partition coefficient (Wildman–Crippen LogP) is 3.70. The van der Waals surface area contributed by atoms with Crippen LogP contribution in [0.2, 0.25) is 0 Å². The number of amides is 1. The number of alkyl halides is 2. The van der Waals surface area contributed by atoms with E-state index in [-0.39, 0.29) is 23.5 Å². The maximum Gasteiger partial charge on any atom is 0.387 e. The monoisotopic (exact) mass is 466 g/mol. The Bertz CT molecular complexity index is 1130. The SMILES string of the molecule is Cc1ccc(C(=O)NC2CCN(S(=O)(=O)C3=Cc4ccc(OC(F)F)cc4CC3)CC2)o1. The molecule has 2 heterocycles. The number of hydrogen-bond donors (Lipinski definition) is 1. The number of hydrogen-bond acceptors (Lipinski definition) is 5. The summed E-state index contributed by atoms with van der Waals surface area (Å²) < 4.78 is 62.3. The smallest absolute Gasteiger partial charge is 0.387 e. The number of carbonyl (C=O) groups excluding carboxylic acids is 1. The van der Waals surface area contributed by atoms with Crippen LogP contribution >= 0.6 is 0 Å². The average molecular weight is 467 g/mol. The number of carbonyl (C=O) groups is 1. The summed E-state index contributed by atoms with van der Waals surface area (Å²) in [5, 5.41) is 2.90. The number of nitrogens with zero attached hydrogens (tertiary/aromatic N) is 1. The molecule has 0 radical (unpaired) electrons. The molecule has 1 saturated heterocycles. The molecular weight excluding hydrogens is 442 g/mol. The summed E-state index contributed by atoms with van der Waals surface area (Å²) in [5.41, 5.74) is 1.46. The van der Waals surface area contributed by atoms with Gasteiger partial charge in [0, 0.05) is 19.1 Å². The van der Waals surface area contributed by atoms with Crippen molar-refractivity contribution < 1.29 is 31.1 Å². The van der Waals surface area contributed by atoms with Gasteiger partial charge in [-0.1, -0.05) is 6.07 Å². The lowest BCUT2D eigenvalue weighted by atomic mass is 9.97. The summed E-state index contributed by atoms with van der Waals surface area (Å²) in [6.07, 6.45) is 3.33. The van der Waals surface area contributed by atoms with E-state index in [9.17, 15) is 22.0 Å². The summed E-state index contributed by atoms with van der Waals surface area (Å²) in [6.45, 7) is -0.542. The number of furan rings is 1. The first-order valence-electron chi connectivity index (χ1n) is 10.4. The number of aryl methyl sites for hydroxylation is 2. The molecule has 0 saturated carbocycles. The predicted molar refractivity (Wildman–Crippen MR) is 114 cm³/mol. The zero-order valence-corrected chi connectivity index (χ0v) is 18.3. The van der Waals surface area contributed by atoms with Crippen LogP contribution in [0.1, 0.15) is 46.7 Å². The second kappa shape index (κ2) is 9.03. The molecule has 1 fully saturated rings. The van der Waals surface area contributed by atoms with Crippen LogP contribution in [0.15, 0.2) is 39.7 Å². The van der Waals surface area contributed by atoms with Gasteiger partial charge < -0.3 is 14.5 Å². The first-order chi connectivity index (χ1) is 15.2. The molecule has 1 N–H and O–H groups in total. The van der Waals surface area contributed by atoms with Crippen molar-refractivity contribution in [3.63, 3.8) is 0 Å². The number of ether oxygens (including phenoxy) is 1. The van der Waals surface area contributed by atoms with Crippen molar-refractivity contribution in [1.82, 2.24) is 9.62 Å². The number of nitrogens with one attached hydrogen (secondary N) is 1. The molecule has 2 aromatic rings. The van der Waals surface area contributed by atoms with Crippen molar-refractivity contribution in [2.24, 2.45) is 0 Å². The number of sulfonamides is 1. The third kappa shape index (κ3) is 4.86. The van der Waals surface area contributed by atoms with Crippen molar-refractivity contribution in [2.75, 3.05) is 13.1 Å². The number of halogens is 2. The first-order valence-corrected chi connectivity index (χ1v) is 11.8. The molecular formula is C22H24F2N2O5S. The van der Waals surface area contributed by atoms with Gasteiger partial charge in [0.25, 0.3) is 5.91 Å². The lowest BCUT2D eigenvalue weighted by molar-refractivity contribution is -0.0498. The summed E-state index contributed by atoms with van der Waals surface area (Å²) in [4.78, 5) is 12.6. The second-order valence-electron chi connectivity index (χ2n) is 7.91. The number of fused-ring (bicyclic) bond motifs is 1. The van der Waals surface area contributed by atoms with E-state index in [1.807, 2.05) is 0 Å². The van der Waals surface area contributed by atoms with Crippen LogP contribution in [0.25, 0.3) is 6.08 Å². The van der Waals surface area contributed by atoms with Crippen molar-refractivity contribution in [1.29, 1.82) is 0 Å². The molecule has 10 heteroatoms. The highest BCUT2D eigenvalue weighted by atomic mass is 32.2. The molecule has 1 aliphatic carbocycles. The quantitative estimate of drug-likeness (QED) is 0.701. The van der Waals surface area contributed by atoms with E-state index in [2.05, 4.69) is 10.1 Å². The fourth-order valence-corrected chi connectivity index (χ4v) is 5.70. The lowest BCUT2D eigenvalue weighted by Gasteiger charge is -2.32. The first kappa shape index (κ1) is 22.5. The highest BCUT2D eigenvalue weighted by Crippen LogP contribution is 2.32. The van der Waals surface area contributed by atoms with Gasteiger partial charge in [0.2, 0.25) is 10.0 Å². The Hall–Kier alpha value is -2.72. The minimum absolute atomic E-state index is 0.0623. The van der Waals surface area contributed by atoms with Gasteiger partial charge >= 0.3 is 6.61 Å². The molecule has 0 bridgehead atoms. The Morgan fingerprint density at radius 2 is 1.94 bits per heavy atom. The topological polar surface area (TPSA) is 88.9 Å². The maximum atomic E-state index is 13.1. The van der Waals surface area contributed by atoms with Gasteiger partial charge in [0.1, 0.15) is 11.5 Å². The van der Waals surface area contributed by atoms with Gasteiger partial charge in [0.05, 0.1) is 4.91 Å². The zero-order valence-electron chi connectivity index (χ0n) is 17.5. The van der Waals surface area contributed by atoms with Gasteiger partial charge in [-0.05, 0) is 74.1 Å². The number of rotatable bonds is 6. The summed E-state index contributed by atoms with van der Waals surface area (Å²) in [7, 11) is -3.65. The zero-order chi connectivity index (χ0) is 22.9. The van der Waals surface area contributed by atoms with Crippen molar-refractivity contribution in [3.05, 3.63) is 57.9 Å². The van der Waals surface area contributed by atoms with E-state index < -0.39 is 16.6 Å². The Morgan fingerprint density at radius 1 is 1.19 bits per heavy atom. The van der Waals surface area contributed by atoms with Crippen LogP contribution in [0, 0.1) is 6.92 Å². The Balaban J connectivity index is 1.39. The van der Waals surface area contributed by atoms with Crippen LogP contribution in [-0.2, 0) is 16.4 Å². The number of piperidine rings is 1.